The van der Waals surface area contributed by atoms with Gasteiger partial charge < -0.3 is 19.6 Å². The zero-order valence-electron chi connectivity index (χ0n) is 11.9. The second-order valence-corrected chi connectivity index (χ2v) is 6.29. The van der Waals surface area contributed by atoms with Crippen molar-refractivity contribution in [2.45, 2.75) is 0 Å². The summed E-state index contributed by atoms with van der Waals surface area (Å²) >= 11 is 8.09. The van der Waals surface area contributed by atoms with Crippen molar-refractivity contribution in [3.63, 3.8) is 0 Å². The van der Waals surface area contributed by atoms with Gasteiger partial charge in [0, 0.05) is 8.96 Å². The molecule has 3 rings (SSSR count). The first-order valence-corrected chi connectivity index (χ1v) is 8.01. The lowest BCUT2D eigenvalue weighted by atomic mass is 10.2. The van der Waals surface area contributed by atoms with E-state index in [1.165, 1.54) is 0 Å². The fourth-order valence-electron chi connectivity index (χ4n) is 2.11. The van der Waals surface area contributed by atoms with Crippen molar-refractivity contribution in [3.8, 4) is 23.0 Å². The van der Waals surface area contributed by atoms with Crippen molar-refractivity contribution in [2.24, 2.45) is 0 Å². The number of benzene rings is 2. The lowest BCUT2D eigenvalue weighted by molar-refractivity contribution is 0.404. The first-order chi connectivity index (χ1) is 11.0. The molecule has 0 bridgehead atoms. The largest absolute Gasteiger partial charge is 0.504 e. The van der Waals surface area contributed by atoms with E-state index in [2.05, 4.69) is 27.6 Å². The summed E-state index contributed by atoms with van der Waals surface area (Å²) in [6.07, 6.45) is 0. The molecule has 0 aliphatic rings. The Hall–Kier alpha value is -1.93. The van der Waals surface area contributed by atoms with Crippen molar-refractivity contribution in [1.82, 2.24) is 4.98 Å². The standard InChI is InChI=1S/C16H11ClINO4/c1-22-8-2-4-9(5-3-8)23-15-14(20)10-6-12(18)11(17)7-13(10)19-16(15)21/h2-7H,1H3,(H2,19,20,21). The van der Waals surface area contributed by atoms with Crippen LogP contribution in [0.2, 0.25) is 5.02 Å². The average Bonchev–Trinajstić information content (AvgIpc) is 2.54. The summed E-state index contributed by atoms with van der Waals surface area (Å²) in [6, 6.07) is 9.97. The van der Waals surface area contributed by atoms with Gasteiger partial charge in [0.2, 0.25) is 5.75 Å². The molecule has 0 radical (unpaired) electrons. The predicted molar refractivity (Wildman–Crippen MR) is 97.0 cm³/mol. The highest BCUT2D eigenvalue weighted by Crippen LogP contribution is 2.35. The van der Waals surface area contributed by atoms with E-state index in [0.29, 0.717) is 27.4 Å². The van der Waals surface area contributed by atoms with Crippen LogP contribution >= 0.6 is 34.2 Å². The zero-order chi connectivity index (χ0) is 16.6. The van der Waals surface area contributed by atoms with E-state index in [4.69, 9.17) is 21.1 Å². The van der Waals surface area contributed by atoms with Gasteiger partial charge in [0.1, 0.15) is 11.5 Å². The van der Waals surface area contributed by atoms with E-state index in [-0.39, 0.29) is 11.5 Å². The number of hydrogen-bond acceptors (Lipinski definition) is 4. The van der Waals surface area contributed by atoms with Crippen molar-refractivity contribution in [3.05, 3.63) is 55.3 Å². The fourth-order valence-corrected chi connectivity index (χ4v) is 2.74. The third-order valence-corrected chi connectivity index (χ3v) is 4.79. The Morgan fingerprint density at radius 1 is 1.17 bits per heavy atom. The monoisotopic (exact) mass is 443 g/mol. The lowest BCUT2D eigenvalue weighted by Crippen LogP contribution is -2.09. The summed E-state index contributed by atoms with van der Waals surface area (Å²) < 4.78 is 11.4. The molecule has 0 saturated heterocycles. The molecule has 0 saturated carbocycles. The topological polar surface area (TPSA) is 71.5 Å². The van der Waals surface area contributed by atoms with Crippen molar-refractivity contribution < 1.29 is 14.6 Å². The van der Waals surface area contributed by atoms with Crippen LogP contribution in [0.25, 0.3) is 10.9 Å². The second kappa shape index (κ2) is 6.29. The summed E-state index contributed by atoms with van der Waals surface area (Å²) in [5.74, 6) is 0.683. The number of pyridine rings is 1. The molecular weight excluding hydrogens is 433 g/mol. The van der Waals surface area contributed by atoms with Crippen molar-refractivity contribution in [1.29, 1.82) is 0 Å². The van der Waals surface area contributed by atoms with Gasteiger partial charge >= 0.3 is 0 Å². The maximum absolute atomic E-state index is 12.2. The molecule has 2 N–H and O–H groups in total. The molecule has 1 heterocycles. The van der Waals surface area contributed by atoms with Crippen LogP contribution in [0.4, 0.5) is 0 Å². The molecule has 118 valence electrons. The Morgan fingerprint density at radius 3 is 2.48 bits per heavy atom. The third kappa shape index (κ3) is 3.09. The van der Waals surface area contributed by atoms with Crippen LogP contribution in [0.5, 0.6) is 23.0 Å². The summed E-state index contributed by atoms with van der Waals surface area (Å²) in [4.78, 5) is 14.8. The molecule has 0 fully saturated rings. The molecule has 23 heavy (non-hydrogen) atoms. The fraction of sp³-hybridized carbons (Fsp3) is 0.0625. The minimum Gasteiger partial charge on any atom is -0.504 e. The van der Waals surface area contributed by atoms with Gasteiger partial charge in [0.15, 0.2) is 5.75 Å². The van der Waals surface area contributed by atoms with Crippen LogP contribution in [0, 0.1) is 3.57 Å². The molecule has 0 spiro atoms. The molecule has 0 aliphatic heterocycles. The van der Waals surface area contributed by atoms with Gasteiger partial charge in [-0.2, -0.15) is 0 Å². The Balaban J connectivity index is 2.09. The summed E-state index contributed by atoms with van der Waals surface area (Å²) in [5.41, 5.74) is -0.0944. The van der Waals surface area contributed by atoms with Crippen LogP contribution in [-0.4, -0.2) is 17.2 Å². The number of fused-ring (bicyclic) bond motifs is 1. The first kappa shape index (κ1) is 15.9. The van der Waals surface area contributed by atoms with Crippen LogP contribution in [0.15, 0.2) is 41.2 Å². The molecule has 5 nitrogen and oxygen atoms in total. The number of aromatic nitrogens is 1. The number of ether oxygens (including phenoxy) is 2. The third-order valence-electron chi connectivity index (χ3n) is 3.26. The SMILES string of the molecule is COc1ccc(Oc2c(O)c3cc(I)c(Cl)cc3[nH]c2=O)cc1. The lowest BCUT2D eigenvalue weighted by Gasteiger charge is -2.10. The van der Waals surface area contributed by atoms with Gasteiger partial charge in [-0.3, -0.25) is 4.79 Å². The average molecular weight is 444 g/mol. The molecule has 0 amide bonds. The number of nitrogens with one attached hydrogen (secondary N) is 1. The van der Waals surface area contributed by atoms with Gasteiger partial charge in [-0.1, -0.05) is 11.6 Å². The van der Waals surface area contributed by atoms with E-state index < -0.39 is 5.56 Å². The Labute approximate surface area is 150 Å². The van der Waals surface area contributed by atoms with E-state index in [1.54, 1.807) is 43.5 Å². The number of halogens is 2. The van der Waals surface area contributed by atoms with E-state index >= 15 is 0 Å². The number of hydrogen-bond donors (Lipinski definition) is 2. The molecule has 0 unspecified atom stereocenters. The number of aromatic amines is 1. The highest BCUT2D eigenvalue weighted by molar-refractivity contribution is 14.1. The molecule has 1 aromatic heterocycles. The number of rotatable bonds is 3. The number of methoxy groups -OCH3 is 1. The van der Waals surface area contributed by atoms with Gasteiger partial charge in [0.05, 0.1) is 17.6 Å². The minimum atomic E-state index is -0.539. The molecule has 0 aliphatic carbocycles. The van der Waals surface area contributed by atoms with Crippen LogP contribution < -0.4 is 15.0 Å². The minimum absolute atomic E-state index is 0.166. The summed E-state index contributed by atoms with van der Waals surface area (Å²) in [7, 11) is 1.56. The Morgan fingerprint density at radius 2 is 1.83 bits per heavy atom. The molecule has 3 aromatic rings. The molecular formula is C16H11ClINO4. The molecule has 2 aromatic carbocycles. The first-order valence-electron chi connectivity index (χ1n) is 6.55. The number of aromatic hydroxyl groups is 1. The summed E-state index contributed by atoms with van der Waals surface area (Å²) in [6.45, 7) is 0. The van der Waals surface area contributed by atoms with Gasteiger partial charge in [0.25, 0.3) is 5.56 Å². The van der Waals surface area contributed by atoms with Crippen LogP contribution in [0.1, 0.15) is 0 Å². The van der Waals surface area contributed by atoms with Crippen molar-refractivity contribution >= 4 is 45.1 Å². The highest BCUT2D eigenvalue weighted by Gasteiger charge is 2.15. The van der Waals surface area contributed by atoms with Gasteiger partial charge in [-0.25, -0.2) is 0 Å². The van der Waals surface area contributed by atoms with Gasteiger partial charge in [-0.15, -0.1) is 0 Å². The maximum atomic E-state index is 12.2. The quantitative estimate of drug-likeness (QED) is 0.593. The predicted octanol–water partition coefficient (Wildman–Crippen LogP) is 4.29. The Kier molecular flexibility index (Phi) is 4.36. The van der Waals surface area contributed by atoms with Crippen LogP contribution in [-0.2, 0) is 0 Å². The Bertz CT molecular complexity index is 937. The maximum Gasteiger partial charge on any atom is 0.295 e. The molecule has 7 heteroatoms. The highest BCUT2D eigenvalue weighted by atomic mass is 127. The number of H-pyrrole nitrogens is 1. The molecule has 0 atom stereocenters. The summed E-state index contributed by atoms with van der Waals surface area (Å²) in [5, 5.41) is 11.3. The van der Waals surface area contributed by atoms with E-state index in [0.717, 1.165) is 3.57 Å². The van der Waals surface area contributed by atoms with E-state index in [1.807, 2.05) is 0 Å². The normalized spacial score (nSPS) is 10.7. The van der Waals surface area contributed by atoms with Crippen molar-refractivity contribution in [2.75, 3.05) is 7.11 Å². The van der Waals surface area contributed by atoms with Crippen LogP contribution in [0.3, 0.4) is 0 Å². The van der Waals surface area contributed by atoms with E-state index in [9.17, 15) is 9.90 Å². The van der Waals surface area contributed by atoms with Gasteiger partial charge in [-0.05, 0) is 59.0 Å². The second-order valence-electron chi connectivity index (χ2n) is 4.72. The smallest absolute Gasteiger partial charge is 0.295 e. The zero-order valence-corrected chi connectivity index (χ0v) is 14.8.